The molecule has 2 rings (SSSR count). The number of carbonyl (C=O) groups is 1. The van der Waals surface area contributed by atoms with Gasteiger partial charge >= 0.3 is 0 Å². The third-order valence-electron chi connectivity index (χ3n) is 2.72. The molecular formula is C16H15NO2. The van der Waals surface area contributed by atoms with Crippen molar-refractivity contribution >= 4 is 17.5 Å². The van der Waals surface area contributed by atoms with Gasteiger partial charge in [-0.1, -0.05) is 18.2 Å². The van der Waals surface area contributed by atoms with Crippen LogP contribution in [0.4, 0.5) is 5.69 Å². The molecule has 96 valence electrons. The molecule has 3 nitrogen and oxygen atoms in total. The van der Waals surface area contributed by atoms with Gasteiger partial charge in [-0.3, -0.25) is 4.79 Å². The van der Waals surface area contributed by atoms with Crippen LogP contribution in [-0.2, 0) is 0 Å². The van der Waals surface area contributed by atoms with Crippen LogP contribution in [-0.4, -0.2) is 12.9 Å². The fourth-order valence-corrected chi connectivity index (χ4v) is 1.66. The van der Waals surface area contributed by atoms with Crippen LogP contribution in [0.1, 0.15) is 15.9 Å². The summed E-state index contributed by atoms with van der Waals surface area (Å²) in [5.74, 6) is 0.713. The number of nitrogen functional groups attached to an aromatic ring is 1. The minimum Gasteiger partial charge on any atom is -0.497 e. The van der Waals surface area contributed by atoms with E-state index in [-0.39, 0.29) is 5.78 Å². The van der Waals surface area contributed by atoms with E-state index in [1.807, 2.05) is 24.3 Å². The molecule has 0 amide bonds. The third kappa shape index (κ3) is 3.45. The molecule has 0 saturated carbocycles. The monoisotopic (exact) mass is 253 g/mol. The molecule has 0 aliphatic carbocycles. The molecular weight excluding hydrogens is 238 g/mol. The van der Waals surface area contributed by atoms with Crippen LogP contribution in [0.25, 0.3) is 6.08 Å². The predicted molar refractivity (Wildman–Crippen MR) is 77.2 cm³/mol. The van der Waals surface area contributed by atoms with E-state index < -0.39 is 0 Å². The fourth-order valence-electron chi connectivity index (χ4n) is 1.66. The van der Waals surface area contributed by atoms with Crippen molar-refractivity contribution in [2.75, 3.05) is 12.8 Å². The summed E-state index contributed by atoms with van der Waals surface area (Å²) >= 11 is 0. The third-order valence-corrected chi connectivity index (χ3v) is 2.72. The second-order valence-corrected chi connectivity index (χ2v) is 4.10. The number of anilines is 1. The van der Waals surface area contributed by atoms with Crippen molar-refractivity contribution in [1.29, 1.82) is 0 Å². The number of benzene rings is 2. The molecule has 0 bridgehead atoms. The number of ketones is 1. The lowest BCUT2D eigenvalue weighted by atomic mass is 10.1. The summed E-state index contributed by atoms with van der Waals surface area (Å²) in [6.45, 7) is 0. The van der Waals surface area contributed by atoms with E-state index in [4.69, 9.17) is 10.5 Å². The first-order valence-corrected chi connectivity index (χ1v) is 5.91. The van der Waals surface area contributed by atoms with Gasteiger partial charge in [0.1, 0.15) is 5.75 Å². The van der Waals surface area contributed by atoms with Crippen LogP contribution in [0, 0.1) is 0 Å². The van der Waals surface area contributed by atoms with Gasteiger partial charge in [0.2, 0.25) is 0 Å². The number of rotatable bonds is 4. The zero-order valence-electron chi connectivity index (χ0n) is 10.7. The van der Waals surface area contributed by atoms with Crippen LogP contribution in [0.5, 0.6) is 5.75 Å². The highest BCUT2D eigenvalue weighted by atomic mass is 16.5. The Kier molecular flexibility index (Phi) is 3.98. The summed E-state index contributed by atoms with van der Waals surface area (Å²) in [6.07, 6.45) is 3.31. The maximum atomic E-state index is 11.9. The molecule has 0 aliphatic rings. The molecule has 0 atom stereocenters. The normalized spacial score (nSPS) is 10.6. The molecule has 0 unspecified atom stereocenters. The first-order chi connectivity index (χ1) is 9.19. The molecule has 2 aromatic rings. The van der Waals surface area contributed by atoms with Crippen molar-refractivity contribution in [3.63, 3.8) is 0 Å². The second-order valence-electron chi connectivity index (χ2n) is 4.10. The maximum absolute atomic E-state index is 11.9. The first-order valence-electron chi connectivity index (χ1n) is 5.91. The van der Waals surface area contributed by atoms with Gasteiger partial charge in [0.25, 0.3) is 0 Å². The van der Waals surface area contributed by atoms with Crippen molar-refractivity contribution in [3.8, 4) is 5.75 Å². The lowest BCUT2D eigenvalue weighted by Crippen LogP contribution is -1.94. The molecule has 0 heterocycles. The van der Waals surface area contributed by atoms with E-state index in [1.54, 1.807) is 43.5 Å². The van der Waals surface area contributed by atoms with Gasteiger partial charge in [-0.2, -0.15) is 0 Å². The Morgan fingerprint density at radius 1 is 1.16 bits per heavy atom. The number of methoxy groups -OCH3 is 1. The largest absolute Gasteiger partial charge is 0.497 e. The van der Waals surface area contributed by atoms with Crippen LogP contribution >= 0.6 is 0 Å². The van der Waals surface area contributed by atoms with Gasteiger partial charge < -0.3 is 10.5 Å². The molecule has 3 heteroatoms. The number of nitrogens with two attached hydrogens (primary N) is 1. The van der Waals surface area contributed by atoms with Gasteiger partial charge in [0.05, 0.1) is 7.11 Å². The van der Waals surface area contributed by atoms with Gasteiger partial charge in [-0.25, -0.2) is 0 Å². The zero-order valence-corrected chi connectivity index (χ0v) is 10.7. The van der Waals surface area contributed by atoms with Crippen LogP contribution in [0.2, 0.25) is 0 Å². The molecule has 0 spiro atoms. The van der Waals surface area contributed by atoms with E-state index in [2.05, 4.69) is 0 Å². The predicted octanol–water partition coefficient (Wildman–Crippen LogP) is 3.17. The summed E-state index contributed by atoms with van der Waals surface area (Å²) in [7, 11) is 1.61. The lowest BCUT2D eigenvalue weighted by molar-refractivity contribution is 0.104. The van der Waals surface area contributed by atoms with E-state index >= 15 is 0 Å². The van der Waals surface area contributed by atoms with Gasteiger partial charge in [0.15, 0.2) is 5.78 Å². The van der Waals surface area contributed by atoms with Crippen molar-refractivity contribution in [1.82, 2.24) is 0 Å². The molecule has 0 aliphatic heterocycles. The van der Waals surface area contributed by atoms with Crippen molar-refractivity contribution in [2.45, 2.75) is 0 Å². The Bertz CT molecular complexity index is 600. The number of carbonyl (C=O) groups excluding carboxylic acids is 1. The molecule has 0 fully saturated rings. The molecule has 0 aromatic heterocycles. The van der Waals surface area contributed by atoms with E-state index in [9.17, 15) is 4.79 Å². The van der Waals surface area contributed by atoms with Crippen molar-refractivity contribution in [2.24, 2.45) is 0 Å². The SMILES string of the molecule is COc1cccc(/C=C/C(=O)c2ccc(N)cc2)c1. The molecule has 0 radical (unpaired) electrons. The Morgan fingerprint density at radius 3 is 2.58 bits per heavy atom. The smallest absolute Gasteiger partial charge is 0.185 e. The number of allylic oxidation sites excluding steroid dienone is 1. The Morgan fingerprint density at radius 2 is 1.89 bits per heavy atom. The minimum absolute atomic E-state index is 0.0529. The quantitative estimate of drug-likeness (QED) is 0.517. The van der Waals surface area contributed by atoms with Gasteiger partial charge in [0, 0.05) is 11.3 Å². The summed E-state index contributed by atoms with van der Waals surface area (Å²) < 4.78 is 5.13. The van der Waals surface area contributed by atoms with Crippen molar-refractivity contribution < 1.29 is 9.53 Å². The lowest BCUT2D eigenvalue weighted by Gasteiger charge is -2.00. The molecule has 0 saturated heterocycles. The van der Waals surface area contributed by atoms with E-state index in [0.717, 1.165) is 11.3 Å². The molecule has 2 aromatic carbocycles. The first kappa shape index (κ1) is 12.9. The van der Waals surface area contributed by atoms with Gasteiger partial charge in [-0.15, -0.1) is 0 Å². The van der Waals surface area contributed by atoms with Crippen LogP contribution in [0.15, 0.2) is 54.6 Å². The summed E-state index contributed by atoms with van der Waals surface area (Å²) in [4.78, 5) is 11.9. The maximum Gasteiger partial charge on any atom is 0.185 e. The average molecular weight is 253 g/mol. The van der Waals surface area contributed by atoms with Gasteiger partial charge in [-0.05, 0) is 48.0 Å². The summed E-state index contributed by atoms with van der Waals surface area (Å²) in [5, 5.41) is 0. The fraction of sp³-hybridized carbons (Fsp3) is 0.0625. The minimum atomic E-state index is -0.0529. The summed E-state index contributed by atoms with van der Waals surface area (Å²) in [6, 6.07) is 14.4. The number of hydrogen-bond donors (Lipinski definition) is 1. The topological polar surface area (TPSA) is 52.3 Å². The zero-order chi connectivity index (χ0) is 13.7. The van der Waals surface area contributed by atoms with E-state index in [0.29, 0.717) is 11.3 Å². The van der Waals surface area contributed by atoms with Crippen molar-refractivity contribution in [3.05, 3.63) is 65.7 Å². The molecule has 19 heavy (non-hydrogen) atoms. The Labute approximate surface area is 112 Å². The summed E-state index contributed by atoms with van der Waals surface area (Å²) in [5.41, 5.74) is 7.77. The van der Waals surface area contributed by atoms with E-state index in [1.165, 1.54) is 0 Å². The van der Waals surface area contributed by atoms with Crippen LogP contribution < -0.4 is 10.5 Å². The highest BCUT2D eigenvalue weighted by Crippen LogP contribution is 2.14. The highest BCUT2D eigenvalue weighted by molar-refractivity contribution is 6.06. The Hall–Kier alpha value is -2.55. The number of hydrogen-bond acceptors (Lipinski definition) is 3. The standard InChI is InChI=1S/C16H15NO2/c1-19-15-4-2-3-12(11-15)5-10-16(18)13-6-8-14(17)9-7-13/h2-11H,17H2,1H3/b10-5+. The average Bonchev–Trinajstić information content (AvgIpc) is 2.46. The second kappa shape index (κ2) is 5.87. The number of ether oxygens (including phenoxy) is 1. The Balaban J connectivity index is 2.13. The highest BCUT2D eigenvalue weighted by Gasteiger charge is 2.00. The van der Waals surface area contributed by atoms with Crippen LogP contribution in [0.3, 0.4) is 0 Å². The molecule has 2 N–H and O–H groups in total.